The van der Waals surface area contributed by atoms with Crippen molar-refractivity contribution in [2.24, 2.45) is 5.92 Å². The summed E-state index contributed by atoms with van der Waals surface area (Å²) >= 11 is 0. The normalized spacial score (nSPS) is 15.2. The van der Waals surface area contributed by atoms with Gasteiger partial charge in [-0.1, -0.05) is 18.2 Å². The van der Waals surface area contributed by atoms with E-state index in [1.807, 2.05) is 22.9 Å². The lowest BCUT2D eigenvalue weighted by atomic mass is 9.98. The molecule has 1 aliphatic rings. The Morgan fingerprint density at radius 3 is 2.68 bits per heavy atom. The second-order valence-corrected chi connectivity index (χ2v) is 7.78. The van der Waals surface area contributed by atoms with Crippen LogP contribution in [-0.2, 0) is 6.54 Å². The number of aromatic nitrogens is 4. The highest BCUT2D eigenvalue weighted by atomic mass is 19.3. The molecule has 9 heteroatoms. The van der Waals surface area contributed by atoms with E-state index in [-0.39, 0.29) is 5.75 Å². The van der Waals surface area contributed by atoms with E-state index < -0.39 is 6.61 Å². The number of fused-ring (bicyclic) bond motifs is 2. The first-order chi connectivity index (χ1) is 15.1. The van der Waals surface area contributed by atoms with Crippen LogP contribution in [0.25, 0.3) is 33.1 Å². The number of rotatable bonds is 5. The number of ether oxygens (including phenoxy) is 1. The number of nitrogens with two attached hydrogens (primary N) is 1. The summed E-state index contributed by atoms with van der Waals surface area (Å²) in [6, 6.07) is 10.6. The number of nitrogens with one attached hydrogen (secondary N) is 1. The first-order valence-electron chi connectivity index (χ1n) is 10.2. The molecule has 160 valence electrons. The van der Waals surface area contributed by atoms with Gasteiger partial charge in [0.05, 0.1) is 5.39 Å². The third kappa shape index (κ3) is 3.88. The SMILES string of the molecule is Nc1ncnc2c1c(-c1ccc3cc(OC(F)F)ccc3c1)nn2CC1CCNCC1. The smallest absolute Gasteiger partial charge is 0.387 e. The monoisotopic (exact) mass is 424 g/mol. The Morgan fingerprint density at radius 1 is 1.10 bits per heavy atom. The molecule has 31 heavy (non-hydrogen) atoms. The van der Waals surface area contributed by atoms with E-state index in [4.69, 9.17) is 10.8 Å². The molecule has 0 spiro atoms. The van der Waals surface area contributed by atoms with Crippen LogP contribution in [-0.4, -0.2) is 39.4 Å². The van der Waals surface area contributed by atoms with Crippen LogP contribution in [0.5, 0.6) is 5.75 Å². The van der Waals surface area contributed by atoms with Crippen LogP contribution >= 0.6 is 0 Å². The topological polar surface area (TPSA) is 90.9 Å². The molecule has 3 N–H and O–H groups in total. The minimum absolute atomic E-state index is 0.129. The summed E-state index contributed by atoms with van der Waals surface area (Å²) in [6.07, 6.45) is 3.65. The second-order valence-electron chi connectivity index (χ2n) is 7.78. The van der Waals surface area contributed by atoms with Crippen molar-refractivity contribution in [2.45, 2.75) is 26.0 Å². The fraction of sp³-hybridized carbons (Fsp3) is 0.318. The number of nitrogen functional groups attached to an aromatic ring is 1. The van der Waals surface area contributed by atoms with E-state index in [0.29, 0.717) is 11.7 Å². The van der Waals surface area contributed by atoms with Crippen molar-refractivity contribution in [1.29, 1.82) is 0 Å². The highest BCUT2D eigenvalue weighted by molar-refractivity contribution is 6.00. The van der Waals surface area contributed by atoms with Crippen molar-refractivity contribution < 1.29 is 13.5 Å². The maximum Gasteiger partial charge on any atom is 0.387 e. The maximum atomic E-state index is 12.5. The van der Waals surface area contributed by atoms with E-state index in [2.05, 4.69) is 20.0 Å². The zero-order chi connectivity index (χ0) is 21.4. The summed E-state index contributed by atoms with van der Waals surface area (Å²) in [7, 11) is 0. The van der Waals surface area contributed by atoms with E-state index >= 15 is 0 Å². The molecule has 0 atom stereocenters. The Hall–Kier alpha value is -3.33. The van der Waals surface area contributed by atoms with E-state index in [1.165, 1.54) is 12.4 Å². The largest absolute Gasteiger partial charge is 0.435 e. The summed E-state index contributed by atoms with van der Waals surface area (Å²) in [5.74, 6) is 1.04. The van der Waals surface area contributed by atoms with Crippen LogP contribution in [0.2, 0.25) is 0 Å². The van der Waals surface area contributed by atoms with Gasteiger partial charge in [0.1, 0.15) is 23.6 Å². The molecule has 2 aromatic heterocycles. The third-order valence-electron chi connectivity index (χ3n) is 5.76. The van der Waals surface area contributed by atoms with Crippen LogP contribution < -0.4 is 15.8 Å². The minimum Gasteiger partial charge on any atom is -0.435 e. The molecular formula is C22H22F2N6O. The molecule has 0 saturated carbocycles. The van der Waals surface area contributed by atoms with E-state index in [1.54, 1.807) is 12.1 Å². The van der Waals surface area contributed by atoms with Crippen LogP contribution in [0, 0.1) is 5.92 Å². The van der Waals surface area contributed by atoms with Gasteiger partial charge in [0.15, 0.2) is 5.65 Å². The molecule has 5 rings (SSSR count). The highest BCUT2D eigenvalue weighted by Crippen LogP contribution is 2.33. The average Bonchev–Trinajstić information content (AvgIpc) is 3.13. The van der Waals surface area contributed by atoms with Gasteiger partial charge >= 0.3 is 6.61 Å². The molecule has 4 aromatic rings. The number of alkyl halides is 2. The van der Waals surface area contributed by atoms with Gasteiger partial charge in [0.2, 0.25) is 0 Å². The Balaban J connectivity index is 1.56. The lowest BCUT2D eigenvalue weighted by Crippen LogP contribution is -2.30. The number of piperidine rings is 1. The molecule has 7 nitrogen and oxygen atoms in total. The zero-order valence-corrected chi connectivity index (χ0v) is 16.8. The number of nitrogens with zero attached hydrogens (tertiary/aromatic N) is 4. The van der Waals surface area contributed by atoms with E-state index in [9.17, 15) is 8.78 Å². The van der Waals surface area contributed by atoms with Gasteiger partial charge in [-0.2, -0.15) is 13.9 Å². The third-order valence-corrected chi connectivity index (χ3v) is 5.76. The van der Waals surface area contributed by atoms with Crippen molar-refractivity contribution >= 4 is 27.6 Å². The molecule has 0 amide bonds. The van der Waals surface area contributed by atoms with Gasteiger partial charge in [0, 0.05) is 12.1 Å². The van der Waals surface area contributed by atoms with Gasteiger partial charge in [-0.05, 0) is 60.8 Å². The van der Waals surface area contributed by atoms with Gasteiger partial charge in [-0.25, -0.2) is 14.6 Å². The Labute approximate surface area is 177 Å². The molecule has 0 unspecified atom stereocenters. The number of hydrogen-bond acceptors (Lipinski definition) is 6. The highest BCUT2D eigenvalue weighted by Gasteiger charge is 2.21. The van der Waals surface area contributed by atoms with Gasteiger partial charge in [0.25, 0.3) is 0 Å². The fourth-order valence-corrected chi connectivity index (χ4v) is 4.22. The summed E-state index contributed by atoms with van der Waals surface area (Å²) in [4.78, 5) is 8.63. The Morgan fingerprint density at radius 2 is 1.87 bits per heavy atom. The molecule has 1 saturated heterocycles. The summed E-state index contributed by atoms with van der Waals surface area (Å²) in [5.41, 5.74) is 8.53. The number of anilines is 1. The molecular weight excluding hydrogens is 402 g/mol. The number of halogens is 2. The fourth-order valence-electron chi connectivity index (χ4n) is 4.22. The molecule has 1 aliphatic heterocycles. The molecule has 2 aromatic carbocycles. The van der Waals surface area contributed by atoms with Crippen LogP contribution in [0.15, 0.2) is 42.7 Å². The Kier molecular flexibility index (Phi) is 5.11. The zero-order valence-electron chi connectivity index (χ0n) is 16.8. The quantitative estimate of drug-likeness (QED) is 0.506. The van der Waals surface area contributed by atoms with Crippen LogP contribution in [0.3, 0.4) is 0 Å². The van der Waals surface area contributed by atoms with E-state index in [0.717, 1.165) is 65.5 Å². The number of hydrogen-bond donors (Lipinski definition) is 2. The lowest BCUT2D eigenvalue weighted by molar-refractivity contribution is -0.0497. The van der Waals surface area contributed by atoms with Crippen LogP contribution in [0.4, 0.5) is 14.6 Å². The predicted molar refractivity (Wildman–Crippen MR) is 115 cm³/mol. The lowest BCUT2D eigenvalue weighted by Gasteiger charge is -2.22. The first-order valence-corrected chi connectivity index (χ1v) is 10.2. The molecule has 3 heterocycles. The van der Waals surface area contributed by atoms with Gasteiger partial charge < -0.3 is 15.8 Å². The average molecular weight is 424 g/mol. The first kappa shape index (κ1) is 19.6. The maximum absolute atomic E-state index is 12.5. The minimum atomic E-state index is -2.85. The van der Waals surface area contributed by atoms with Crippen molar-refractivity contribution in [3.8, 4) is 17.0 Å². The summed E-state index contributed by atoms with van der Waals surface area (Å²) in [6.45, 7) is -0.0581. The van der Waals surface area contributed by atoms with Crippen molar-refractivity contribution in [2.75, 3.05) is 18.8 Å². The molecule has 0 aliphatic carbocycles. The molecule has 0 radical (unpaired) electrons. The molecule has 1 fully saturated rings. The Bertz CT molecular complexity index is 1240. The van der Waals surface area contributed by atoms with Gasteiger partial charge in [-0.3, -0.25) is 0 Å². The molecule has 0 bridgehead atoms. The standard InChI is InChI=1S/C22H22F2N6O/c23-22(24)31-17-4-3-14-9-16(2-1-15(14)10-17)19-18-20(25)27-12-28-21(18)30(29-19)11-13-5-7-26-8-6-13/h1-4,9-10,12-13,22,26H,5-8,11H2,(H2,25,27,28). The van der Waals surface area contributed by atoms with Crippen molar-refractivity contribution in [1.82, 2.24) is 25.1 Å². The second kappa shape index (κ2) is 8.07. The summed E-state index contributed by atoms with van der Waals surface area (Å²) in [5, 5.41) is 10.7. The van der Waals surface area contributed by atoms with Crippen molar-refractivity contribution in [3.05, 3.63) is 42.7 Å². The van der Waals surface area contributed by atoms with Gasteiger partial charge in [-0.15, -0.1) is 0 Å². The number of benzene rings is 2. The summed E-state index contributed by atoms with van der Waals surface area (Å²) < 4.78 is 31.4. The van der Waals surface area contributed by atoms with Crippen molar-refractivity contribution in [3.63, 3.8) is 0 Å². The predicted octanol–water partition coefficient (Wildman–Crippen LogP) is 3.83. The van der Waals surface area contributed by atoms with Crippen LogP contribution in [0.1, 0.15) is 12.8 Å².